The summed E-state index contributed by atoms with van der Waals surface area (Å²) in [5.41, 5.74) is 1.58. The van der Waals surface area contributed by atoms with Crippen molar-refractivity contribution < 1.29 is 14.7 Å². The van der Waals surface area contributed by atoms with E-state index in [0.29, 0.717) is 18.0 Å². The third-order valence-corrected chi connectivity index (χ3v) is 4.31. The summed E-state index contributed by atoms with van der Waals surface area (Å²) in [7, 11) is 0. The van der Waals surface area contributed by atoms with Gasteiger partial charge >= 0.3 is 0 Å². The number of phenols is 1. The van der Waals surface area contributed by atoms with Crippen molar-refractivity contribution in [1.29, 1.82) is 0 Å². The van der Waals surface area contributed by atoms with Gasteiger partial charge in [-0.05, 0) is 24.5 Å². The van der Waals surface area contributed by atoms with Gasteiger partial charge in [-0.2, -0.15) is 0 Å². The van der Waals surface area contributed by atoms with Crippen LogP contribution in [0.1, 0.15) is 12.0 Å². The quantitative estimate of drug-likeness (QED) is 0.816. The number of para-hydroxylation sites is 1. The summed E-state index contributed by atoms with van der Waals surface area (Å²) in [6, 6.07) is 4.82. The first-order valence-corrected chi connectivity index (χ1v) is 7.21. The van der Waals surface area contributed by atoms with E-state index < -0.39 is 6.04 Å². The van der Waals surface area contributed by atoms with Crippen molar-refractivity contribution in [3.05, 3.63) is 23.8 Å². The topological polar surface area (TPSA) is 69.6 Å². The number of amides is 2. The average molecular weight is 278 g/mol. The summed E-state index contributed by atoms with van der Waals surface area (Å²) < 4.78 is 0. The Balaban J connectivity index is 1.91. The second-order valence-corrected chi connectivity index (χ2v) is 5.67. The van der Waals surface area contributed by atoms with Gasteiger partial charge in [0.05, 0.1) is 5.69 Å². The van der Waals surface area contributed by atoms with Crippen molar-refractivity contribution in [3.63, 3.8) is 0 Å². The summed E-state index contributed by atoms with van der Waals surface area (Å²) in [4.78, 5) is 25.2. The molecule has 1 atom stereocenters. The van der Waals surface area contributed by atoms with Crippen LogP contribution in [0.5, 0.6) is 5.75 Å². The Bertz CT molecular complexity index is 547. The molecular weight excluding hydrogens is 264 g/mol. The highest BCUT2D eigenvalue weighted by Crippen LogP contribution is 2.36. The second kappa shape index (κ2) is 4.77. The lowest BCUT2D eigenvalue weighted by Gasteiger charge is -2.31. The van der Waals surface area contributed by atoms with Gasteiger partial charge < -0.3 is 15.3 Å². The van der Waals surface area contributed by atoms with Gasteiger partial charge in [-0.3, -0.25) is 9.59 Å². The van der Waals surface area contributed by atoms with Crippen molar-refractivity contribution in [2.45, 2.75) is 18.9 Å². The van der Waals surface area contributed by atoms with Gasteiger partial charge in [0.2, 0.25) is 0 Å². The number of phenolic OH excluding ortho intramolecular Hbond substituents is 1. The molecule has 2 N–H and O–H groups in total. The zero-order valence-corrected chi connectivity index (χ0v) is 11.1. The monoisotopic (exact) mass is 278 g/mol. The Hall–Kier alpha value is -1.69. The minimum Gasteiger partial charge on any atom is -0.506 e. The number of nitrogens with one attached hydrogen (secondary N) is 1. The van der Waals surface area contributed by atoms with Crippen LogP contribution in [0.3, 0.4) is 0 Å². The van der Waals surface area contributed by atoms with Crippen molar-refractivity contribution in [2.24, 2.45) is 0 Å². The molecular formula is C13H14N2O3S. The van der Waals surface area contributed by atoms with Crippen LogP contribution in [0.15, 0.2) is 18.2 Å². The Morgan fingerprint density at radius 2 is 2.32 bits per heavy atom. The first-order chi connectivity index (χ1) is 9.16. The van der Waals surface area contributed by atoms with Crippen LogP contribution in [0.4, 0.5) is 10.5 Å². The van der Waals surface area contributed by atoms with Crippen LogP contribution in [-0.4, -0.2) is 34.6 Å². The number of hydrogen-bond acceptors (Lipinski definition) is 4. The molecule has 2 aliphatic heterocycles. The highest BCUT2D eigenvalue weighted by atomic mass is 32.2. The average Bonchev–Trinajstić information content (AvgIpc) is 2.84. The number of hydrogen-bond donors (Lipinski definition) is 2. The van der Waals surface area contributed by atoms with Crippen molar-refractivity contribution in [3.8, 4) is 5.75 Å². The molecule has 1 aromatic carbocycles. The number of carbonyl (C=O) groups is 2. The van der Waals surface area contributed by atoms with Gasteiger partial charge in [0.25, 0.3) is 11.1 Å². The molecule has 0 bridgehead atoms. The van der Waals surface area contributed by atoms with Crippen molar-refractivity contribution in [1.82, 2.24) is 5.32 Å². The van der Waals surface area contributed by atoms with E-state index in [2.05, 4.69) is 5.32 Å². The molecule has 1 saturated heterocycles. The van der Waals surface area contributed by atoms with E-state index in [1.807, 2.05) is 6.07 Å². The molecule has 6 heteroatoms. The number of carbonyl (C=O) groups excluding carboxylic acids is 2. The minimum atomic E-state index is -0.483. The van der Waals surface area contributed by atoms with Gasteiger partial charge in [0, 0.05) is 12.3 Å². The number of aromatic hydroxyl groups is 1. The number of aryl methyl sites for hydroxylation is 1. The molecule has 1 unspecified atom stereocenters. The second-order valence-electron chi connectivity index (χ2n) is 4.67. The predicted molar refractivity (Wildman–Crippen MR) is 73.6 cm³/mol. The minimum absolute atomic E-state index is 0.127. The molecule has 0 saturated carbocycles. The van der Waals surface area contributed by atoms with Crippen LogP contribution in [-0.2, 0) is 11.2 Å². The highest BCUT2D eigenvalue weighted by molar-refractivity contribution is 8.14. The number of benzene rings is 1. The summed E-state index contributed by atoms with van der Waals surface area (Å²) in [5, 5.41) is 12.5. The summed E-state index contributed by atoms with van der Waals surface area (Å²) in [5.74, 6) is 0.445. The molecule has 1 aromatic rings. The number of thioether (sulfide) groups is 1. The van der Waals surface area contributed by atoms with Crippen molar-refractivity contribution in [2.75, 3.05) is 17.2 Å². The smallest absolute Gasteiger partial charge is 0.279 e. The van der Waals surface area contributed by atoms with E-state index in [9.17, 15) is 14.7 Å². The lowest BCUT2D eigenvalue weighted by atomic mass is 10.0. The van der Waals surface area contributed by atoms with Crippen LogP contribution in [0, 0.1) is 0 Å². The molecule has 0 spiro atoms. The van der Waals surface area contributed by atoms with Crippen LogP contribution >= 0.6 is 11.8 Å². The van der Waals surface area contributed by atoms with Crippen LogP contribution in [0.25, 0.3) is 0 Å². The van der Waals surface area contributed by atoms with E-state index in [0.717, 1.165) is 30.2 Å². The maximum absolute atomic E-state index is 12.4. The molecule has 3 rings (SSSR count). The molecule has 0 radical (unpaired) electrons. The lowest BCUT2D eigenvalue weighted by Crippen LogP contribution is -2.47. The van der Waals surface area contributed by atoms with E-state index in [4.69, 9.17) is 0 Å². The SMILES string of the molecule is O=C1NC(C(=O)N2CCCc3cccc(O)c32)CS1. The van der Waals surface area contributed by atoms with E-state index >= 15 is 0 Å². The van der Waals surface area contributed by atoms with Gasteiger partial charge in [0.15, 0.2) is 0 Å². The Labute approximate surface area is 115 Å². The fraction of sp³-hybridized carbons (Fsp3) is 0.385. The number of rotatable bonds is 1. The lowest BCUT2D eigenvalue weighted by molar-refractivity contribution is -0.119. The maximum Gasteiger partial charge on any atom is 0.279 e. The van der Waals surface area contributed by atoms with Gasteiger partial charge in [-0.1, -0.05) is 23.9 Å². The normalized spacial score (nSPS) is 22.0. The summed E-state index contributed by atoms with van der Waals surface area (Å²) in [6.07, 6.45) is 1.73. The molecule has 2 heterocycles. The van der Waals surface area contributed by atoms with Gasteiger partial charge in [-0.25, -0.2) is 0 Å². The predicted octanol–water partition coefficient (Wildman–Crippen LogP) is 1.50. The van der Waals surface area contributed by atoms with Crippen LogP contribution in [0.2, 0.25) is 0 Å². The maximum atomic E-state index is 12.4. The molecule has 2 aliphatic rings. The number of anilines is 1. The number of fused-ring (bicyclic) bond motifs is 1. The van der Waals surface area contributed by atoms with Crippen molar-refractivity contribution >= 4 is 28.6 Å². The molecule has 19 heavy (non-hydrogen) atoms. The largest absolute Gasteiger partial charge is 0.506 e. The number of nitrogens with zero attached hydrogens (tertiary/aromatic N) is 1. The first-order valence-electron chi connectivity index (χ1n) is 6.22. The zero-order valence-electron chi connectivity index (χ0n) is 10.3. The highest BCUT2D eigenvalue weighted by Gasteiger charge is 2.34. The van der Waals surface area contributed by atoms with E-state index in [1.165, 1.54) is 0 Å². The molecule has 2 amide bonds. The summed E-state index contributed by atoms with van der Waals surface area (Å²) in [6.45, 7) is 0.584. The Morgan fingerprint density at radius 1 is 1.47 bits per heavy atom. The Kier molecular flexibility index (Phi) is 3.10. The first kappa shape index (κ1) is 12.3. The standard InChI is InChI=1S/C13H14N2O3S/c16-10-5-1-3-8-4-2-6-15(11(8)10)12(17)9-7-19-13(18)14-9/h1,3,5,9,16H,2,4,6-7H2,(H,14,18). The Morgan fingerprint density at radius 3 is 3.05 bits per heavy atom. The summed E-state index contributed by atoms with van der Waals surface area (Å²) >= 11 is 1.12. The van der Waals surface area contributed by atoms with Gasteiger partial charge in [-0.15, -0.1) is 0 Å². The molecule has 0 aliphatic carbocycles. The van der Waals surface area contributed by atoms with Crippen LogP contribution < -0.4 is 10.2 Å². The van der Waals surface area contributed by atoms with E-state index in [1.54, 1.807) is 17.0 Å². The molecule has 100 valence electrons. The fourth-order valence-corrected chi connectivity index (χ4v) is 3.33. The molecule has 0 aromatic heterocycles. The zero-order chi connectivity index (χ0) is 13.4. The third-order valence-electron chi connectivity index (χ3n) is 3.43. The fourth-order valence-electron chi connectivity index (χ4n) is 2.56. The molecule has 1 fully saturated rings. The molecule has 5 nitrogen and oxygen atoms in total. The van der Waals surface area contributed by atoms with E-state index in [-0.39, 0.29) is 16.9 Å². The third kappa shape index (κ3) is 2.16. The van der Waals surface area contributed by atoms with Gasteiger partial charge in [0.1, 0.15) is 11.8 Å².